The number of carbonyl (C=O) groups excluding carboxylic acids is 2. The molecule has 0 N–H and O–H groups in total. The maximum atomic E-state index is 12.5. The monoisotopic (exact) mass is 395 g/mol. The molecule has 27 heavy (non-hydrogen) atoms. The van der Waals surface area contributed by atoms with E-state index >= 15 is 0 Å². The molecule has 0 radical (unpaired) electrons. The number of morpholine rings is 1. The predicted molar refractivity (Wildman–Crippen MR) is 101 cm³/mol. The molecular formula is C18H25N3O5S. The number of amides is 2. The molecule has 0 aliphatic carbocycles. The summed E-state index contributed by atoms with van der Waals surface area (Å²) in [6.45, 7) is 3.23. The molecule has 8 nitrogen and oxygen atoms in total. The van der Waals surface area contributed by atoms with Gasteiger partial charge < -0.3 is 14.5 Å². The van der Waals surface area contributed by atoms with Gasteiger partial charge in [-0.15, -0.1) is 0 Å². The van der Waals surface area contributed by atoms with E-state index in [0.29, 0.717) is 50.6 Å². The van der Waals surface area contributed by atoms with Crippen LogP contribution in [0.3, 0.4) is 0 Å². The van der Waals surface area contributed by atoms with Gasteiger partial charge in [0.1, 0.15) is 6.54 Å². The van der Waals surface area contributed by atoms with Gasteiger partial charge in [0.2, 0.25) is 15.9 Å². The summed E-state index contributed by atoms with van der Waals surface area (Å²) in [5.41, 5.74) is 0.864. The van der Waals surface area contributed by atoms with Crippen molar-refractivity contribution in [2.45, 2.75) is 12.8 Å². The van der Waals surface area contributed by atoms with Gasteiger partial charge in [0.05, 0.1) is 25.2 Å². The first-order chi connectivity index (χ1) is 12.9. The zero-order valence-electron chi connectivity index (χ0n) is 15.5. The molecule has 0 spiro atoms. The Morgan fingerprint density at radius 1 is 1.00 bits per heavy atom. The van der Waals surface area contributed by atoms with Gasteiger partial charge in [0, 0.05) is 31.7 Å². The quantitative estimate of drug-likeness (QED) is 0.727. The van der Waals surface area contributed by atoms with Crippen LogP contribution >= 0.6 is 0 Å². The fourth-order valence-corrected chi connectivity index (χ4v) is 4.16. The molecule has 2 fully saturated rings. The number of rotatable bonds is 5. The standard InChI is InChI=1S/C18H25N3O5S/c1-27(24,25)21(14-17(22)19-8-2-3-9-19)16-6-4-15(5-7-16)18(23)20-10-12-26-13-11-20/h4-7H,2-3,8-14H2,1H3. The van der Waals surface area contributed by atoms with Crippen LogP contribution in [0, 0.1) is 0 Å². The molecule has 2 saturated heterocycles. The van der Waals surface area contributed by atoms with Crippen LogP contribution < -0.4 is 4.31 Å². The normalized spacial score (nSPS) is 17.8. The number of sulfonamides is 1. The van der Waals surface area contributed by atoms with E-state index in [9.17, 15) is 18.0 Å². The van der Waals surface area contributed by atoms with Gasteiger partial charge in [-0.2, -0.15) is 0 Å². The molecule has 1 aromatic rings. The highest BCUT2D eigenvalue weighted by Gasteiger charge is 2.26. The Hall–Kier alpha value is -2.13. The molecule has 9 heteroatoms. The first-order valence-electron chi connectivity index (χ1n) is 9.09. The fourth-order valence-electron chi connectivity index (χ4n) is 3.31. The zero-order chi connectivity index (χ0) is 19.4. The van der Waals surface area contributed by atoms with Gasteiger partial charge in [-0.1, -0.05) is 0 Å². The lowest BCUT2D eigenvalue weighted by atomic mass is 10.1. The Balaban J connectivity index is 1.74. The summed E-state index contributed by atoms with van der Waals surface area (Å²) in [6.07, 6.45) is 2.98. The second-order valence-electron chi connectivity index (χ2n) is 6.81. The molecular weight excluding hydrogens is 370 g/mol. The predicted octanol–water partition coefficient (Wildman–Crippen LogP) is 0.547. The Bertz CT molecular complexity index is 782. The molecule has 2 heterocycles. The van der Waals surface area contributed by atoms with Crippen molar-refractivity contribution in [3.05, 3.63) is 29.8 Å². The smallest absolute Gasteiger partial charge is 0.254 e. The van der Waals surface area contributed by atoms with Crippen molar-refractivity contribution in [3.8, 4) is 0 Å². The van der Waals surface area contributed by atoms with Gasteiger partial charge >= 0.3 is 0 Å². The second kappa shape index (κ2) is 8.26. The van der Waals surface area contributed by atoms with Gasteiger partial charge in [-0.3, -0.25) is 13.9 Å². The SMILES string of the molecule is CS(=O)(=O)N(CC(=O)N1CCCC1)c1ccc(C(=O)N2CCOCC2)cc1. The van der Waals surface area contributed by atoms with Crippen LogP contribution in [0.1, 0.15) is 23.2 Å². The van der Waals surface area contributed by atoms with Gasteiger partial charge in [-0.05, 0) is 37.1 Å². The van der Waals surface area contributed by atoms with E-state index in [-0.39, 0.29) is 18.4 Å². The molecule has 148 valence electrons. The van der Waals surface area contributed by atoms with Crippen LogP contribution in [-0.4, -0.2) is 82.2 Å². The number of nitrogens with zero attached hydrogens (tertiary/aromatic N) is 3. The maximum absolute atomic E-state index is 12.5. The van der Waals surface area contributed by atoms with Crippen LogP contribution in [0.15, 0.2) is 24.3 Å². The number of benzene rings is 1. The van der Waals surface area contributed by atoms with Crippen molar-refractivity contribution in [2.24, 2.45) is 0 Å². The first kappa shape index (κ1) is 19.6. The van der Waals surface area contributed by atoms with Crippen molar-refractivity contribution in [3.63, 3.8) is 0 Å². The highest BCUT2D eigenvalue weighted by molar-refractivity contribution is 7.92. The molecule has 2 aliphatic rings. The van der Waals surface area contributed by atoms with E-state index in [1.165, 1.54) is 0 Å². The zero-order valence-corrected chi connectivity index (χ0v) is 16.3. The van der Waals surface area contributed by atoms with E-state index in [1.54, 1.807) is 34.1 Å². The lowest BCUT2D eigenvalue weighted by Crippen LogP contribution is -2.42. The Labute approximate surface area is 159 Å². The molecule has 2 aliphatic heterocycles. The van der Waals surface area contributed by atoms with Crippen LogP contribution in [0.4, 0.5) is 5.69 Å². The summed E-state index contributed by atoms with van der Waals surface area (Å²) >= 11 is 0. The van der Waals surface area contributed by atoms with Crippen molar-refractivity contribution in [1.82, 2.24) is 9.80 Å². The highest BCUT2D eigenvalue weighted by Crippen LogP contribution is 2.20. The number of hydrogen-bond acceptors (Lipinski definition) is 5. The van der Waals surface area contributed by atoms with E-state index in [2.05, 4.69) is 0 Å². The third-order valence-electron chi connectivity index (χ3n) is 4.84. The summed E-state index contributed by atoms with van der Waals surface area (Å²) in [5.74, 6) is -0.310. The van der Waals surface area contributed by atoms with Crippen LogP contribution in [0.5, 0.6) is 0 Å². The minimum Gasteiger partial charge on any atom is -0.378 e. The Kier molecular flexibility index (Phi) is 6.01. The molecule has 3 rings (SSSR count). The average molecular weight is 395 g/mol. The molecule has 0 bridgehead atoms. The highest BCUT2D eigenvalue weighted by atomic mass is 32.2. The third kappa shape index (κ3) is 4.78. The topological polar surface area (TPSA) is 87.2 Å². The van der Waals surface area contributed by atoms with E-state index in [4.69, 9.17) is 4.74 Å². The maximum Gasteiger partial charge on any atom is 0.254 e. The molecule has 2 amide bonds. The number of hydrogen-bond donors (Lipinski definition) is 0. The van der Waals surface area contributed by atoms with E-state index < -0.39 is 10.0 Å². The van der Waals surface area contributed by atoms with Crippen LogP contribution in [0.25, 0.3) is 0 Å². The summed E-state index contributed by atoms with van der Waals surface area (Å²) in [7, 11) is -3.62. The number of carbonyl (C=O) groups is 2. The third-order valence-corrected chi connectivity index (χ3v) is 5.98. The molecule has 0 aromatic heterocycles. The number of ether oxygens (including phenoxy) is 1. The second-order valence-corrected chi connectivity index (χ2v) is 8.72. The van der Waals surface area contributed by atoms with Crippen LogP contribution in [0.2, 0.25) is 0 Å². The molecule has 0 saturated carbocycles. The Morgan fingerprint density at radius 3 is 2.15 bits per heavy atom. The lowest BCUT2D eigenvalue weighted by Gasteiger charge is -2.27. The van der Waals surface area contributed by atoms with Gasteiger partial charge in [-0.25, -0.2) is 8.42 Å². The van der Waals surface area contributed by atoms with Crippen LogP contribution in [-0.2, 0) is 19.6 Å². The molecule has 0 atom stereocenters. The Morgan fingerprint density at radius 2 is 1.59 bits per heavy atom. The van der Waals surface area contributed by atoms with Crippen molar-refractivity contribution < 1.29 is 22.7 Å². The largest absolute Gasteiger partial charge is 0.378 e. The molecule has 1 aromatic carbocycles. The summed E-state index contributed by atoms with van der Waals surface area (Å²) in [6, 6.07) is 6.36. The van der Waals surface area contributed by atoms with Crippen molar-refractivity contribution in [1.29, 1.82) is 0 Å². The summed E-state index contributed by atoms with van der Waals surface area (Å²) in [4.78, 5) is 28.3. The first-order valence-corrected chi connectivity index (χ1v) is 10.9. The van der Waals surface area contributed by atoms with Crippen molar-refractivity contribution in [2.75, 3.05) is 56.5 Å². The lowest BCUT2D eigenvalue weighted by molar-refractivity contribution is -0.128. The van der Waals surface area contributed by atoms with E-state index in [1.807, 2.05) is 0 Å². The fraction of sp³-hybridized carbons (Fsp3) is 0.556. The van der Waals surface area contributed by atoms with Gasteiger partial charge in [0.25, 0.3) is 5.91 Å². The summed E-state index contributed by atoms with van der Waals surface area (Å²) in [5, 5.41) is 0. The van der Waals surface area contributed by atoms with Crippen molar-refractivity contribution >= 4 is 27.5 Å². The average Bonchev–Trinajstić information content (AvgIpc) is 3.20. The molecule has 0 unspecified atom stereocenters. The number of likely N-dealkylation sites (tertiary alicyclic amines) is 1. The van der Waals surface area contributed by atoms with E-state index in [0.717, 1.165) is 23.4 Å². The minimum absolute atomic E-state index is 0.108. The van der Waals surface area contributed by atoms with Gasteiger partial charge in [0.15, 0.2) is 0 Å². The number of anilines is 1. The summed E-state index contributed by atoms with van der Waals surface area (Å²) < 4.78 is 30.8. The minimum atomic E-state index is -3.62.